The molecule has 0 aromatic heterocycles. The average molecular weight is 309 g/mol. The zero-order valence-corrected chi connectivity index (χ0v) is 13.2. The van der Waals surface area contributed by atoms with Crippen LogP contribution in [0, 0.1) is 0 Å². The van der Waals surface area contributed by atoms with Crippen LogP contribution in [0.5, 0.6) is 11.5 Å². The minimum absolute atomic E-state index is 0.0588. The smallest absolute Gasteiger partial charge is 0.407 e. The summed E-state index contributed by atoms with van der Waals surface area (Å²) in [5.74, 6) is 0.280. The Morgan fingerprint density at radius 3 is 2.64 bits per heavy atom. The number of phenolic OH excluding ortho intramolecular Hbond substituents is 1. The molecule has 6 heteroatoms. The van der Waals surface area contributed by atoms with Crippen LogP contribution in [-0.2, 0) is 4.74 Å². The molecule has 0 saturated carbocycles. The first-order valence-corrected chi connectivity index (χ1v) is 7.19. The van der Waals surface area contributed by atoms with E-state index in [0.717, 1.165) is 6.42 Å². The summed E-state index contributed by atoms with van der Waals surface area (Å²) in [5, 5.41) is 12.3. The molecule has 0 aliphatic rings. The molecule has 6 nitrogen and oxygen atoms in total. The number of unbranched alkanes of at least 4 members (excludes halogenated alkanes) is 1. The standard InChI is InChI=1S/C16H23NO5/c1-16(2,3)22-15(20)17-8-4-5-9-21-14-7-6-12(11-18)10-13(14)19/h6-7,10-11,19H,4-5,8-9H2,1-3H3,(H,17,20). The Morgan fingerprint density at radius 1 is 1.32 bits per heavy atom. The molecule has 0 radical (unpaired) electrons. The highest BCUT2D eigenvalue weighted by Gasteiger charge is 2.15. The first-order chi connectivity index (χ1) is 10.3. The zero-order chi connectivity index (χ0) is 16.6. The molecule has 22 heavy (non-hydrogen) atoms. The predicted octanol–water partition coefficient (Wildman–Crippen LogP) is 2.89. The Kier molecular flexibility index (Phi) is 6.69. The largest absolute Gasteiger partial charge is 0.504 e. The Bertz CT molecular complexity index is 508. The number of carbonyl (C=O) groups excluding carboxylic acids is 2. The topological polar surface area (TPSA) is 84.9 Å². The van der Waals surface area contributed by atoms with Gasteiger partial charge in [0.2, 0.25) is 0 Å². The van der Waals surface area contributed by atoms with Crippen LogP contribution in [0.4, 0.5) is 4.79 Å². The maximum atomic E-state index is 11.4. The van der Waals surface area contributed by atoms with E-state index in [9.17, 15) is 14.7 Å². The van der Waals surface area contributed by atoms with Crippen LogP contribution in [-0.4, -0.2) is 36.2 Å². The van der Waals surface area contributed by atoms with Crippen molar-refractivity contribution in [2.24, 2.45) is 0 Å². The molecule has 0 atom stereocenters. The van der Waals surface area contributed by atoms with Gasteiger partial charge in [-0.2, -0.15) is 0 Å². The first-order valence-electron chi connectivity index (χ1n) is 7.19. The molecular weight excluding hydrogens is 286 g/mol. The fourth-order valence-corrected chi connectivity index (χ4v) is 1.64. The third-order valence-corrected chi connectivity index (χ3v) is 2.62. The highest BCUT2D eigenvalue weighted by molar-refractivity contribution is 5.76. The molecule has 0 aliphatic heterocycles. The highest BCUT2D eigenvalue weighted by Crippen LogP contribution is 2.26. The van der Waals surface area contributed by atoms with Gasteiger partial charge in [0.15, 0.2) is 11.5 Å². The number of alkyl carbamates (subject to hydrolysis) is 1. The van der Waals surface area contributed by atoms with Gasteiger partial charge in [-0.15, -0.1) is 0 Å². The third kappa shape index (κ3) is 6.97. The number of aldehydes is 1. The van der Waals surface area contributed by atoms with Crippen LogP contribution >= 0.6 is 0 Å². The third-order valence-electron chi connectivity index (χ3n) is 2.62. The molecular formula is C16H23NO5. The highest BCUT2D eigenvalue weighted by atomic mass is 16.6. The van der Waals surface area contributed by atoms with Crippen LogP contribution in [0.15, 0.2) is 18.2 Å². The van der Waals surface area contributed by atoms with Gasteiger partial charge in [0, 0.05) is 12.1 Å². The van der Waals surface area contributed by atoms with E-state index in [1.54, 1.807) is 12.1 Å². The number of ether oxygens (including phenoxy) is 2. The summed E-state index contributed by atoms with van der Waals surface area (Å²) in [4.78, 5) is 21.9. The van der Waals surface area contributed by atoms with Crippen LogP contribution in [0.1, 0.15) is 44.0 Å². The van der Waals surface area contributed by atoms with Crippen molar-refractivity contribution in [2.45, 2.75) is 39.2 Å². The lowest BCUT2D eigenvalue weighted by Gasteiger charge is -2.19. The van der Waals surface area contributed by atoms with Crippen molar-refractivity contribution in [3.05, 3.63) is 23.8 Å². The lowest BCUT2D eigenvalue weighted by Crippen LogP contribution is -2.33. The second-order valence-electron chi connectivity index (χ2n) is 5.83. The van der Waals surface area contributed by atoms with E-state index in [2.05, 4.69) is 5.32 Å². The molecule has 0 fully saturated rings. The van der Waals surface area contributed by atoms with Crippen molar-refractivity contribution in [2.75, 3.05) is 13.2 Å². The molecule has 0 bridgehead atoms. The van der Waals surface area contributed by atoms with Crippen LogP contribution in [0.2, 0.25) is 0 Å². The number of amides is 1. The number of nitrogens with one attached hydrogen (secondary N) is 1. The van der Waals surface area contributed by atoms with Gasteiger partial charge in [0.25, 0.3) is 0 Å². The number of rotatable bonds is 7. The number of aromatic hydroxyl groups is 1. The van der Waals surface area contributed by atoms with Crippen molar-refractivity contribution >= 4 is 12.4 Å². The molecule has 122 valence electrons. The molecule has 0 aliphatic carbocycles. The van der Waals surface area contributed by atoms with E-state index in [0.29, 0.717) is 37.2 Å². The lowest BCUT2D eigenvalue weighted by atomic mass is 10.2. The predicted molar refractivity (Wildman–Crippen MR) is 82.5 cm³/mol. The van der Waals surface area contributed by atoms with E-state index < -0.39 is 11.7 Å². The van der Waals surface area contributed by atoms with Gasteiger partial charge in [-0.1, -0.05) is 0 Å². The van der Waals surface area contributed by atoms with Gasteiger partial charge in [-0.3, -0.25) is 4.79 Å². The van der Waals surface area contributed by atoms with Gasteiger partial charge in [0.05, 0.1) is 6.61 Å². The minimum Gasteiger partial charge on any atom is -0.504 e. The number of benzene rings is 1. The van der Waals surface area contributed by atoms with E-state index in [4.69, 9.17) is 9.47 Å². The van der Waals surface area contributed by atoms with Crippen molar-refractivity contribution in [3.63, 3.8) is 0 Å². The molecule has 0 spiro atoms. The summed E-state index contributed by atoms with van der Waals surface area (Å²) in [6.07, 6.45) is 1.67. The lowest BCUT2D eigenvalue weighted by molar-refractivity contribution is 0.0526. The molecule has 2 N–H and O–H groups in total. The molecule has 1 amide bonds. The van der Waals surface area contributed by atoms with Crippen molar-refractivity contribution in [1.29, 1.82) is 0 Å². The SMILES string of the molecule is CC(C)(C)OC(=O)NCCCCOc1ccc(C=O)cc1O. The molecule has 1 aromatic rings. The summed E-state index contributed by atoms with van der Waals surface area (Å²) in [5.41, 5.74) is -0.107. The number of hydrogen-bond acceptors (Lipinski definition) is 5. The Balaban J connectivity index is 2.18. The van der Waals surface area contributed by atoms with E-state index in [1.807, 2.05) is 20.8 Å². The van der Waals surface area contributed by atoms with Crippen LogP contribution in [0.25, 0.3) is 0 Å². The number of phenols is 1. The molecule has 0 heterocycles. The van der Waals surface area contributed by atoms with Crippen LogP contribution in [0.3, 0.4) is 0 Å². The van der Waals surface area contributed by atoms with E-state index in [-0.39, 0.29) is 5.75 Å². The molecule has 0 unspecified atom stereocenters. The van der Waals surface area contributed by atoms with Gasteiger partial charge in [0.1, 0.15) is 11.9 Å². The fourth-order valence-electron chi connectivity index (χ4n) is 1.64. The van der Waals surface area contributed by atoms with Crippen molar-refractivity contribution in [3.8, 4) is 11.5 Å². The van der Waals surface area contributed by atoms with Gasteiger partial charge in [-0.05, 0) is 51.8 Å². The van der Waals surface area contributed by atoms with Crippen molar-refractivity contribution < 1.29 is 24.2 Å². The molecule has 0 saturated heterocycles. The Hall–Kier alpha value is -2.24. The Morgan fingerprint density at radius 2 is 2.05 bits per heavy atom. The second kappa shape index (κ2) is 8.26. The van der Waals surface area contributed by atoms with Crippen molar-refractivity contribution in [1.82, 2.24) is 5.32 Å². The maximum Gasteiger partial charge on any atom is 0.407 e. The minimum atomic E-state index is -0.502. The summed E-state index contributed by atoms with van der Waals surface area (Å²) < 4.78 is 10.5. The first kappa shape index (κ1) is 17.8. The van der Waals surface area contributed by atoms with Crippen LogP contribution < -0.4 is 10.1 Å². The van der Waals surface area contributed by atoms with Gasteiger partial charge in [-0.25, -0.2) is 4.79 Å². The number of carbonyl (C=O) groups is 2. The molecule has 1 aromatic carbocycles. The molecule has 1 rings (SSSR count). The summed E-state index contributed by atoms with van der Waals surface area (Å²) in [7, 11) is 0. The summed E-state index contributed by atoms with van der Waals surface area (Å²) >= 11 is 0. The van der Waals surface area contributed by atoms with E-state index >= 15 is 0 Å². The maximum absolute atomic E-state index is 11.4. The fraction of sp³-hybridized carbons (Fsp3) is 0.500. The average Bonchev–Trinajstić information content (AvgIpc) is 2.42. The van der Waals surface area contributed by atoms with Gasteiger partial charge < -0.3 is 19.9 Å². The normalized spacial score (nSPS) is 10.9. The van der Waals surface area contributed by atoms with E-state index in [1.165, 1.54) is 6.07 Å². The quantitative estimate of drug-likeness (QED) is 0.597. The zero-order valence-electron chi connectivity index (χ0n) is 13.2. The Labute approximate surface area is 130 Å². The number of hydrogen-bond donors (Lipinski definition) is 2. The van der Waals surface area contributed by atoms with Gasteiger partial charge >= 0.3 is 6.09 Å². The summed E-state index contributed by atoms with van der Waals surface area (Å²) in [6, 6.07) is 4.48. The monoisotopic (exact) mass is 309 g/mol. The summed E-state index contributed by atoms with van der Waals surface area (Å²) in [6.45, 7) is 6.33. The second-order valence-corrected chi connectivity index (χ2v) is 5.83.